The average Bonchev–Trinajstić information content (AvgIpc) is 2.68. The topological polar surface area (TPSA) is 49.4 Å². The van der Waals surface area contributed by atoms with Crippen LogP contribution in [0.2, 0.25) is 10.0 Å². The number of halogens is 3. The Morgan fingerprint density at radius 3 is 2.45 bits per heavy atom. The highest BCUT2D eigenvalue weighted by molar-refractivity contribution is 9.10. The van der Waals surface area contributed by atoms with Crippen LogP contribution in [-0.4, -0.2) is 35.1 Å². The van der Waals surface area contributed by atoms with Crippen LogP contribution in [0.4, 0.5) is 0 Å². The second-order valence-electron chi connectivity index (χ2n) is 6.42. The number of hydrogen-bond acceptors (Lipinski definition) is 3. The minimum absolute atomic E-state index is 0.114. The molecule has 1 atom stereocenters. The predicted octanol–water partition coefficient (Wildman–Crippen LogP) is 5.54. The van der Waals surface area contributed by atoms with Crippen LogP contribution in [-0.2, 0) is 21.9 Å². The van der Waals surface area contributed by atoms with E-state index in [9.17, 15) is 9.59 Å². The van der Waals surface area contributed by atoms with E-state index in [1.807, 2.05) is 31.2 Å². The van der Waals surface area contributed by atoms with Gasteiger partial charge in [-0.15, -0.1) is 11.8 Å². The molecular weight excluding hydrogens is 495 g/mol. The van der Waals surface area contributed by atoms with Crippen molar-refractivity contribution in [3.05, 3.63) is 68.1 Å². The molecule has 0 aliphatic carbocycles. The SMILES string of the molecule is CCNC(=O)[C@@H](C)N(Cc1cccc(Br)c1)C(=O)CSCc1c(Cl)cccc1Cl. The lowest BCUT2D eigenvalue weighted by Gasteiger charge is -2.28. The summed E-state index contributed by atoms with van der Waals surface area (Å²) in [5.74, 6) is 0.455. The van der Waals surface area contributed by atoms with Crippen LogP contribution in [0.1, 0.15) is 25.0 Å². The molecule has 4 nitrogen and oxygen atoms in total. The van der Waals surface area contributed by atoms with Crippen LogP contribution in [0.3, 0.4) is 0 Å². The Morgan fingerprint density at radius 1 is 1.17 bits per heavy atom. The highest BCUT2D eigenvalue weighted by atomic mass is 79.9. The van der Waals surface area contributed by atoms with Crippen molar-refractivity contribution in [2.75, 3.05) is 12.3 Å². The first-order valence-electron chi connectivity index (χ1n) is 9.15. The van der Waals surface area contributed by atoms with Gasteiger partial charge in [0.25, 0.3) is 0 Å². The molecule has 0 aliphatic rings. The average molecular weight is 518 g/mol. The molecule has 29 heavy (non-hydrogen) atoms. The van der Waals surface area contributed by atoms with Crippen LogP contribution in [0.25, 0.3) is 0 Å². The van der Waals surface area contributed by atoms with Gasteiger partial charge in [0.2, 0.25) is 11.8 Å². The molecule has 0 unspecified atom stereocenters. The van der Waals surface area contributed by atoms with Crippen molar-refractivity contribution in [3.8, 4) is 0 Å². The lowest BCUT2D eigenvalue weighted by molar-refractivity contribution is -0.138. The standard InChI is InChI=1S/C21H23BrCl2N2O2S/c1-3-25-21(28)14(2)26(11-15-6-4-7-16(22)10-15)20(27)13-29-12-17-18(23)8-5-9-19(17)24/h4-10,14H,3,11-13H2,1-2H3,(H,25,28)/t14-/m1/s1. The summed E-state index contributed by atoms with van der Waals surface area (Å²) < 4.78 is 0.927. The Hall–Kier alpha value is -1.21. The molecule has 0 aromatic heterocycles. The van der Waals surface area contributed by atoms with Crippen LogP contribution >= 0.6 is 50.9 Å². The number of carbonyl (C=O) groups excluding carboxylic acids is 2. The highest BCUT2D eigenvalue weighted by Crippen LogP contribution is 2.28. The van der Waals surface area contributed by atoms with E-state index in [1.54, 1.807) is 30.0 Å². The lowest BCUT2D eigenvalue weighted by atomic mass is 10.1. The quantitative estimate of drug-likeness (QED) is 0.474. The predicted molar refractivity (Wildman–Crippen MR) is 125 cm³/mol. The number of hydrogen-bond donors (Lipinski definition) is 1. The molecule has 0 spiro atoms. The van der Waals surface area contributed by atoms with Crippen molar-refractivity contribution >= 4 is 62.7 Å². The van der Waals surface area contributed by atoms with E-state index in [4.69, 9.17) is 23.2 Å². The van der Waals surface area contributed by atoms with Crippen LogP contribution in [0.15, 0.2) is 46.9 Å². The van der Waals surface area contributed by atoms with Gasteiger partial charge in [-0.05, 0) is 49.2 Å². The zero-order valence-electron chi connectivity index (χ0n) is 16.3. The molecule has 0 saturated heterocycles. The smallest absolute Gasteiger partial charge is 0.242 e. The van der Waals surface area contributed by atoms with Gasteiger partial charge in [-0.25, -0.2) is 0 Å². The second-order valence-corrected chi connectivity index (χ2v) is 9.13. The first kappa shape index (κ1) is 24.1. The lowest BCUT2D eigenvalue weighted by Crippen LogP contribution is -2.48. The third-order valence-electron chi connectivity index (χ3n) is 4.29. The largest absolute Gasteiger partial charge is 0.355 e. The van der Waals surface area contributed by atoms with Gasteiger partial charge in [-0.2, -0.15) is 0 Å². The summed E-state index contributed by atoms with van der Waals surface area (Å²) in [5.41, 5.74) is 1.76. The maximum Gasteiger partial charge on any atom is 0.242 e. The number of nitrogens with one attached hydrogen (secondary N) is 1. The normalized spacial score (nSPS) is 11.8. The molecule has 0 aliphatic heterocycles. The Bertz CT molecular complexity index is 846. The van der Waals surface area contributed by atoms with Gasteiger partial charge in [0.15, 0.2) is 0 Å². The van der Waals surface area contributed by atoms with Gasteiger partial charge in [0, 0.05) is 33.4 Å². The minimum Gasteiger partial charge on any atom is -0.355 e. The zero-order chi connectivity index (χ0) is 21.4. The molecule has 1 N–H and O–H groups in total. The van der Waals surface area contributed by atoms with E-state index in [0.717, 1.165) is 15.6 Å². The number of carbonyl (C=O) groups is 2. The van der Waals surface area contributed by atoms with Crippen molar-refractivity contribution < 1.29 is 9.59 Å². The molecule has 8 heteroatoms. The van der Waals surface area contributed by atoms with E-state index in [2.05, 4.69) is 21.2 Å². The fraction of sp³-hybridized carbons (Fsp3) is 0.333. The van der Waals surface area contributed by atoms with Crippen molar-refractivity contribution in [1.82, 2.24) is 10.2 Å². The van der Waals surface area contributed by atoms with Gasteiger partial charge in [-0.3, -0.25) is 9.59 Å². The molecule has 0 heterocycles. The van der Waals surface area contributed by atoms with E-state index in [-0.39, 0.29) is 17.6 Å². The third kappa shape index (κ3) is 7.21. The number of amides is 2. The first-order valence-corrected chi connectivity index (χ1v) is 11.9. The molecule has 2 rings (SSSR count). The molecule has 2 aromatic rings. The van der Waals surface area contributed by atoms with Crippen molar-refractivity contribution in [2.45, 2.75) is 32.2 Å². The molecular formula is C21H23BrCl2N2O2S. The summed E-state index contributed by atoms with van der Waals surface area (Å²) >= 11 is 17.3. The molecule has 156 valence electrons. The fourth-order valence-electron chi connectivity index (χ4n) is 2.73. The Morgan fingerprint density at radius 2 is 1.83 bits per heavy atom. The molecule has 0 radical (unpaired) electrons. The Kier molecular flexibility index (Phi) is 9.83. The molecule has 2 amide bonds. The monoisotopic (exact) mass is 516 g/mol. The summed E-state index contributed by atoms with van der Waals surface area (Å²) in [6, 6.07) is 12.5. The Balaban J connectivity index is 2.10. The van der Waals surface area contributed by atoms with Crippen molar-refractivity contribution in [2.24, 2.45) is 0 Å². The summed E-state index contributed by atoms with van der Waals surface area (Å²) in [5, 5.41) is 3.96. The molecule has 0 bridgehead atoms. The number of nitrogens with zero attached hydrogens (tertiary/aromatic N) is 1. The summed E-state index contributed by atoms with van der Waals surface area (Å²) in [7, 11) is 0. The minimum atomic E-state index is -0.578. The maximum atomic E-state index is 13.0. The first-order chi connectivity index (χ1) is 13.8. The molecule has 0 saturated carbocycles. The van der Waals surface area contributed by atoms with E-state index >= 15 is 0 Å². The van der Waals surface area contributed by atoms with Crippen LogP contribution in [0, 0.1) is 0 Å². The summed E-state index contributed by atoms with van der Waals surface area (Å²) in [6.45, 7) is 4.47. The number of benzene rings is 2. The summed E-state index contributed by atoms with van der Waals surface area (Å²) in [6.07, 6.45) is 0. The highest BCUT2D eigenvalue weighted by Gasteiger charge is 2.25. The number of rotatable bonds is 9. The van der Waals surface area contributed by atoms with E-state index in [0.29, 0.717) is 28.9 Å². The van der Waals surface area contributed by atoms with Gasteiger partial charge in [0.1, 0.15) is 6.04 Å². The second kappa shape index (κ2) is 11.8. The van der Waals surface area contributed by atoms with Gasteiger partial charge in [-0.1, -0.05) is 57.3 Å². The number of thioether (sulfide) groups is 1. The molecule has 0 fully saturated rings. The van der Waals surface area contributed by atoms with Gasteiger partial charge < -0.3 is 10.2 Å². The van der Waals surface area contributed by atoms with Crippen molar-refractivity contribution in [3.63, 3.8) is 0 Å². The fourth-order valence-corrected chi connectivity index (χ4v) is 4.82. The van der Waals surface area contributed by atoms with Crippen molar-refractivity contribution in [1.29, 1.82) is 0 Å². The Labute approximate surface area is 194 Å². The zero-order valence-corrected chi connectivity index (χ0v) is 20.2. The number of likely N-dealkylation sites (N-methyl/N-ethyl adjacent to an activating group) is 1. The van der Waals surface area contributed by atoms with Gasteiger partial charge >= 0.3 is 0 Å². The van der Waals surface area contributed by atoms with Crippen LogP contribution in [0.5, 0.6) is 0 Å². The van der Waals surface area contributed by atoms with E-state index in [1.165, 1.54) is 11.8 Å². The summed E-state index contributed by atoms with van der Waals surface area (Å²) in [4.78, 5) is 27.0. The van der Waals surface area contributed by atoms with E-state index < -0.39 is 6.04 Å². The molecule has 2 aromatic carbocycles. The third-order valence-corrected chi connectivity index (χ3v) is 6.44. The maximum absolute atomic E-state index is 13.0. The van der Waals surface area contributed by atoms with Gasteiger partial charge in [0.05, 0.1) is 5.75 Å². The van der Waals surface area contributed by atoms with Crippen LogP contribution < -0.4 is 5.32 Å².